The Balaban J connectivity index is 1.86. The average Bonchev–Trinajstić information content (AvgIpc) is 3.41. The first-order valence-electron chi connectivity index (χ1n) is 10.5. The van der Waals surface area contributed by atoms with E-state index in [0.29, 0.717) is 10.7 Å². The van der Waals surface area contributed by atoms with E-state index >= 15 is 0 Å². The zero-order chi connectivity index (χ0) is 23.5. The summed E-state index contributed by atoms with van der Waals surface area (Å²) in [7, 11) is 1.62. The van der Waals surface area contributed by atoms with Crippen molar-refractivity contribution >= 4 is 29.0 Å². The second-order valence-electron chi connectivity index (χ2n) is 8.83. The van der Waals surface area contributed by atoms with Crippen LogP contribution in [0.4, 0.5) is 5.82 Å². The van der Waals surface area contributed by atoms with Crippen molar-refractivity contribution in [3.8, 4) is 11.4 Å². The Hall–Kier alpha value is -3.13. The van der Waals surface area contributed by atoms with Crippen LogP contribution in [-0.2, 0) is 10.2 Å². The summed E-state index contributed by atoms with van der Waals surface area (Å²) >= 11 is 1.37. The maximum absolute atomic E-state index is 13.0. The Labute approximate surface area is 193 Å². The molecule has 8 heteroatoms. The Morgan fingerprint density at radius 1 is 1.19 bits per heavy atom. The van der Waals surface area contributed by atoms with Crippen LogP contribution in [0.15, 0.2) is 47.8 Å². The molecule has 3 aromatic rings. The number of carbonyl (C=O) groups excluding carboxylic acids is 2. The van der Waals surface area contributed by atoms with Crippen molar-refractivity contribution in [3.63, 3.8) is 0 Å². The van der Waals surface area contributed by atoms with Crippen molar-refractivity contribution < 1.29 is 14.3 Å². The molecule has 170 valence electrons. The normalized spacial score (nSPS) is 11.5. The van der Waals surface area contributed by atoms with Crippen molar-refractivity contribution in [2.45, 2.75) is 46.1 Å². The van der Waals surface area contributed by atoms with Gasteiger partial charge in [0, 0.05) is 17.5 Å². The van der Waals surface area contributed by atoms with Gasteiger partial charge in [0.1, 0.15) is 18.1 Å². The standard InChI is InChI=1S/C24H30N4O3S/c1-16(2)27(23(30)19-8-7-13-32-19)15-22(29)25-21-14-20(24(3,4)5)26-28(21)17-9-11-18(31-6)12-10-17/h7-14,16H,15H2,1-6H3,(H,25,29). The van der Waals surface area contributed by atoms with Crippen LogP contribution >= 0.6 is 11.3 Å². The predicted molar refractivity (Wildman–Crippen MR) is 128 cm³/mol. The van der Waals surface area contributed by atoms with Crippen LogP contribution in [0.2, 0.25) is 0 Å². The summed E-state index contributed by atoms with van der Waals surface area (Å²) < 4.78 is 6.95. The zero-order valence-electron chi connectivity index (χ0n) is 19.4. The Morgan fingerprint density at radius 2 is 1.88 bits per heavy atom. The summed E-state index contributed by atoms with van der Waals surface area (Å²) in [5.41, 5.74) is 1.45. The second-order valence-corrected chi connectivity index (χ2v) is 9.77. The number of hydrogen-bond donors (Lipinski definition) is 1. The first-order valence-corrected chi connectivity index (χ1v) is 11.4. The topological polar surface area (TPSA) is 76.5 Å². The number of ether oxygens (including phenoxy) is 1. The summed E-state index contributed by atoms with van der Waals surface area (Å²) in [6, 6.07) is 12.8. The van der Waals surface area contributed by atoms with Gasteiger partial charge in [0.25, 0.3) is 5.91 Å². The van der Waals surface area contributed by atoms with E-state index in [9.17, 15) is 9.59 Å². The lowest BCUT2D eigenvalue weighted by molar-refractivity contribution is -0.117. The monoisotopic (exact) mass is 454 g/mol. The maximum Gasteiger partial charge on any atom is 0.264 e. The number of amides is 2. The van der Waals surface area contributed by atoms with Crippen molar-refractivity contribution in [3.05, 3.63) is 58.4 Å². The third kappa shape index (κ3) is 5.37. The van der Waals surface area contributed by atoms with Crippen LogP contribution in [0, 0.1) is 0 Å². The van der Waals surface area contributed by atoms with Crippen molar-refractivity contribution in [1.82, 2.24) is 14.7 Å². The second kappa shape index (κ2) is 9.56. The van der Waals surface area contributed by atoms with E-state index in [1.165, 1.54) is 11.3 Å². The largest absolute Gasteiger partial charge is 0.497 e. The van der Waals surface area contributed by atoms with Gasteiger partial charge in [-0.15, -0.1) is 11.3 Å². The lowest BCUT2D eigenvalue weighted by atomic mass is 9.92. The van der Waals surface area contributed by atoms with Crippen LogP contribution in [0.1, 0.15) is 50.0 Å². The zero-order valence-corrected chi connectivity index (χ0v) is 20.2. The van der Waals surface area contributed by atoms with E-state index < -0.39 is 0 Å². The molecule has 1 aromatic carbocycles. The van der Waals surface area contributed by atoms with Crippen molar-refractivity contribution in [2.24, 2.45) is 0 Å². The fourth-order valence-electron chi connectivity index (χ4n) is 3.12. The molecule has 0 aliphatic rings. The minimum atomic E-state index is -0.279. The number of benzene rings is 1. The quantitative estimate of drug-likeness (QED) is 0.560. The molecule has 2 aromatic heterocycles. The molecule has 1 N–H and O–H groups in total. The number of nitrogens with one attached hydrogen (secondary N) is 1. The molecule has 32 heavy (non-hydrogen) atoms. The Kier molecular flexibility index (Phi) is 7.03. The molecule has 0 spiro atoms. The lowest BCUT2D eigenvalue weighted by Gasteiger charge is -2.25. The first-order chi connectivity index (χ1) is 15.1. The number of methoxy groups -OCH3 is 1. The third-order valence-corrected chi connectivity index (χ3v) is 5.85. The molecule has 0 saturated carbocycles. The third-order valence-electron chi connectivity index (χ3n) is 4.99. The molecule has 0 fully saturated rings. The molecule has 7 nitrogen and oxygen atoms in total. The van der Waals surface area contributed by atoms with Gasteiger partial charge in [0.2, 0.25) is 5.91 Å². The average molecular weight is 455 g/mol. The predicted octanol–water partition coefficient (Wildman–Crippen LogP) is 4.73. The number of nitrogens with zero attached hydrogens (tertiary/aromatic N) is 3. The Bertz CT molecular complexity index is 1060. The first kappa shape index (κ1) is 23.5. The van der Waals surface area contributed by atoms with E-state index in [1.807, 2.05) is 55.6 Å². The molecule has 0 bridgehead atoms. The fourth-order valence-corrected chi connectivity index (χ4v) is 3.80. The molecule has 3 rings (SSSR count). The van der Waals surface area contributed by atoms with Crippen LogP contribution in [0.3, 0.4) is 0 Å². The van der Waals surface area contributed by atoms with Gasteiger partial charge in [0.05, 0.1) is 23.4 Å². The molecule has 0 atom stereocenters. The van der Waals surface area contributed by atoms with Gasteiger partial charge in [-0.25, -0.2) is 4.68 Å². The molecular weight excluding hydrogens is 424 g/mol. The highest BCUT2D eigenvalue weighted by Gasteiger charge is 2.25. The number of rotatable bonds is 7. The number of hydrogen-bond acceptors (Lipinski definition) is 5. The molecule has 2 amide bonds. The lowest BCUT2D eigenvalue weighted by Crippen LogP contribution is -2.42. The fraction of sp³-hybridized carbons (Fsp3) is 0.375. The summed E-state index contributed by atoms with van der Waals surface area (Å²) in [4.78, 5) is 28.0. The van der Waals surface area contributed by atoms with E-state index in [-0.39, 0.29) is 29.8 Å². The molecule has 0 aliphatic carbocycles. The molecule has 0 unspecified atom stereocenters. The van der Waals surface area contributed by atoms with Crippen LogP contribution in [0.5, 0.6) is 5.75 Å². The smallest absolute Gasteiger partial charge is 0.264 e. The summed E-state index contributed by atoms with van der Waals surface area (Å²) in [6.07, 6.45) is 0. The molecule has 0 aliphatic heterocycles. The van der Waals surface area contributed by atoms with Gasteiger partial charge in [-0.05, 0) is 49.6 Å². The minimum absolute atomic E-state index is 0.0486. The van der Waals surface area contributed by atoms with Crippen LogP contribution < -0.4 is 10.1 Å². The number of anilines is 1. The van der Waals surface area contributed by atoms with Gasteiger partial charge in [-0.3, -0.25) is 9.59 Å². The number of thiophene rings is 1. The highest BCUT2D eigenvalue weighted by Crippen LogP contribution is 2.27. The summed E-state index contributed by atoms with van der Waals surface area (Å²) in [5.74, 6) is 0.863. The number of aromatic nitrogens is 2. The Morgan fingerprint density at radius 3 is 2.41 bits per heavy atom. The van der Waals surface area contributed by atoms with E-state index in [2.05, 4.69) is 26.1 Å². The van der Waals surface area contributed by atoms with E-state index in [0.717, 1.165) is 17.1 Å². The highest BCUT2D eigenvalue weighted by molar-refractivity contribution is 7.12. The maximum atomic E-state index is 13.0. The molecular formula is C24H30N4O3S. The van der Waals surface area contributed by atoms with Gasteiger partial charge < -0.3 is 15.0 Å². The minimum Gasteiger partial charge on any atom is -0.497 e. The van der Waals surface area contributed by atoms with Gasteiger partial charge >= 0.3 is 0 Å². The van der Waals surface area contributed by atoms with E-state index in [4.69, 9.17) is 9.84 Å². The van der Waals surface area contributed by atoms with Crippen LogP contribution in [0.25, 0.3) is 5.69 Å². The van der Waals surface area contributed by atoms with Gasteiger partial charge in [0.15, 0.2) is 0 Å². The SMILES string of the molecule is COc1ccc(-n2nc(C(C)(C)C)cc2NC(=O)CN(C(=O)c2cccs2)C(C)C)cc1. The van der Waals surface area contributed by atoms with Crippen LogP contribution in [-0.4, -0.2) is 46.2 Å². The van der Waals surface area contributed by atoms with Gasteiger partial charge in [-0.2, -0.15) is 5.10 Å². The van der Waals surface area contributed by atoms with Crippen molar-refractivity contribution in [1.29, 1.82) is 0 Å². The highest BCUT2D eigenvalue weighted by atomic mass is 32.1. The number of carbonyl (C=O) groups is 2. The summed E-state index contributed by atoms with van der Waals surface area (Å²) in [6.45, 7) is 9.96. The molecule has 0 radical (unpaired) electrons. The summed E-state index contributed by atoms with van der Waals surface area (Å²) in [5, 5.41) is 9.54. The molecule has 2 heterocycles. The molecule has 0 saturated heterocycles. The van der Waals surface area contributed by atoms with Crippen molar-refractivity contribution in [2.75, 3.05) is 19.0 Å². The van der Waals surface area contributed by atoms with E-state index in [1.54, 1.807) is 22.8 Å². The van der Waals surface area contributed by atoms with Gasteiger partial charge in [-0.1, -0.05) is 26.8 Å².